The van der Waals surface area contributed by atoms with Crippen molar-refractivity contribution >= 4 is 29.3 Å². The van der Waals surface area contributed by atoms with Crippen LogP contribution in [-0.4, -0.2) is 57.4 Å². The van der Waals surface area contributed by atoms with Crippen molar-refractivity contribution in [1.82, 2.24) is 5.32 Å². The molecule has 2 amide bonds. The molecule has 0 aliphatic carbocycles. The fourth-order valence-electron chi connectivity index (χ4n) is 3.74. The average molecular weight is 427 g/mol. The van der Waals surface area contributed by atoms with E-state index in [1.165, 1.54) is 17.9 Å². The van der Waals surface area contributed by atoms with Crippen molar-refractivity contribution in [2.75, 3.05) is 54.0 Å². The molecule has 2 saturated heterocycles. The molecule has 0 radical (unpaired) electrons. The van der Waals surface area contributed by atoms with E-state index in [0.717, 1.165) is 0 Å². The van der Waals surface area contributed by atoms with E-state index in [4.69, 9.17) is 14.4 Å². The van der Waals surface area contributed by atoms with Crippen LogP contribution in [0, 0.1) is 17.1 Å². The van der Waals surface area contributed by atoms with E-state index in [2.05, 4.69) is 5.32 Å². The molecule has 0 saturated carbocycles. The summed E-state index contributed by atoms with van der Waals surface area (Å²) >= 11 is 0. The summed E-state index contributed by atoms with van der Waals surface area (Å²) in [5.41, 5.74) is 0.873. The van der Waals surface area contributed by atoms with Gasteiger partial charge in [0.05, 0.1) is 24.5 Å². The Morgan fingerprint density at radius 2 is 1.97 bits per heavy atom. The predicted molar refractivity (Wildman–Crippen MR) is 111 cm³/mol. The van der Waals surface area contributed by atoms with Gasteiger partial charge in [0.25, 0.3) is 0 Å². The van der Waals surface area contributed by atoms with Crippen LogP contribution in [0.1, 0.15) is 12.7 Å². The van der Waals surface area contributed by atoms with Crippen LogP contribution in [0.25, 0.3) is 0 Å². The number of carbonyl (C=O) groups excluding carboxylic acids is 2. The molecule has 10 heteroatoms. The van der Waals surface area contributed by atoms with Crippen molar-refractivity contribution in [1.29, 1.82) is 5.26 Å². The highest BCUT2D eigenvalue weighted by atomic mass is 19.1. The van der Waals surface area contributed by atoms with Gasteiger partial charge in [0.1, 0.15) is 18.0 Å². The van der Waals surface area contributed by atoms with Crippen LogP contribution < -0.4 is 20.0 Å². The number of nitrogens with one attached hydrogen (secondary N) is 1. The van der Waals surface area contributed by atoms with Crippen molar-refractivity contribution in [3.8, 4) is 6.07 Å². The van der Waals surface area contributed by atoms with E-state index in [-0.39, 0.29) is 24.8 Å². The summed E-state index contributed by atoms with van der Waals surface area (Å²) in [4.78, 5) is 28.5. The number of furan rings is 1. The van der Waals surface area contributed by atoms with Gasteiger partial charge in [-0.3, -0.25) is 9.69 Å². The quantitative estimate of drug-likeness (QED) is 0.779. The number of rotatable bonds is 5. The lowest BCUT2D eigenvalue weighted by atomic mass is 10.2. The first-order chi connectivity index (χ1) is 14.9. The van der Waals surface area contributed by atoms with E-state index in [1.54, 1.807) is 24.3 Å². The van der Waals surface area contributed by atoms with Crippen molar-refractivity contribution < 1.29 is 23.1 Å². The summed E-state index contributed by atoms with van der Waals surface area (Å²) in [6, 6.07) is 10.0. The first-order valence-electron chi connectivity index (χ1n) is 9.96. The lowest BCUT2D eigenvalue weighted by molar-refractivity contribution is -0.119. The summed E-state index contributed by atoms with van der Waals surface area (Å²) in [6.45, 7) is 4.28. The van der Waals surface area contributed by atoms with Gasteiger partial charge in [0.2, 0.25) is 11.7 Å². The van der Waals surface area contributed by atoms with E-state index in [0.29, 0.717) is 43.4 Å². The standard InChI is InChI=1S/C21H22FN5O4/c1-14(28)24-12-17-13-27(21(29)31-17)15-2-4-19(18(22)10-15)25-6-8-26(9-7-25)20-5-3-16(11-23)30-20/h2-5,10,17H,6-9,12-13H2,1H3,(H,24,28)/t17-/m0/s1. The zero-order valence-electron chi connectivity index (χ0n) is 17.0. The minimum atomic E-state index is -0.564. The van der Waals surface area contributed by atoms with E-state index in [9.17, 15) is 14.0 Å². The Kier molecular flexibility index (Phi) is 5.66. The van der Waals surface area contributed by atoms with Crippen LogP contribution in [0.3, 0.4) is 0 Å². The summed E-state index contributed by atoms with van der Waals surface area (Å²) in [5.74, 6) is 0.267. The number of ether oxygens (including phenoxy) is 1. The lowest BCUT2D eigenvalue weighted by Crippen LogP contribution is -2.46. The fraction of sp³-hybridized carbons (Fsp3) is 0.381. The first-order valence-corrected chi connectivity index (χ1v) is 9.96. The third-order valence-corrected chi connectivity index (χ3v) is 5.33. The number of piperazine rings is 1. The van der Waals surface area contributed by atoms with Gasteiger partial charge in [0.15, 0.2) is 5.88 Å². The number of nitriles is 1. The van der Waals surface area contributed by atoms with E-state index >= 15 is 0 Å². The summed E-state index contributed by atoms with van der Waals surface area (Å²) in [6.07, 6.45) is -1.04. The first kappa shape index (κ1) is 20.5. The Labute approximate surface area is 178 Å². The molecule has 2 aliphatic heterocycles. The number of hydrogen-bond donors (Lipinski definition) is 1. The Hall–Kier alpha value is -3.74. The monoisotopic (exact) mass is 427 g/mol. The second-order valence-corrected chi connectivity index (χ2v) is 7.41. The molecule has 0 spiro atoms. The number of hydrogen-bond acceptors (Lipinski definition) is 7. The topological polar surface area (TPSA) is 102 Å². The molecule has 162 valence electrons. The van der Waals surface area contributed by atoms with Crippen LogP contribution in [0.5, 0.6) is 0 Å². The lowest BCUT2D eigenvalue weighted by Gasteiger charge is -2.36. The average Bonchev–Trinajstić information content (AvgIpc) is 3.39. The molecule has 2 aliphatic rings. The summed E-state index contributed by atoms with van der Waals surface area (Å²) in [5, 5.41) is 11.5. The van der Waals surface area contributed by atoms with Crippen molar-refractivity contribution in [3.63, 3.8) is 0 Å². The van der Waals surface area contributed by atoms with Crippen LogP contribution in [0.4, 0.5) is 26.4 Å². The number of carbonyl (C=O) groups is 2. The van der Waals surface area contributed by atoms with Gasteiger partial charge in [-0.1, -0.05) is 0 Å². The van der Waals surface area contributed by atoms with Crippen molar-refractivity contribution in [2.24, 2.45) is 0 Å². The zero-order valence-corrected chi connectivity index (χ0v) is 17.0. The van der Waals surface area contributed by atoms with Gasteiger partial charge < -0.3 is 24.3 Å². The highest BCUT2D eigenvalue weighted by molar-refractivity contribution is 5.90. The highest BCUT2D eigenvalue weighted by Gasteiger charge is 2.33. The maximum absolute atomic E-state index is 14.9. The maximum atomic E-state index is 14.9. The normalized spacial score (nSPS) is 18.7. The van der Waals surface area contributed by atoms with Gasteiger partial charge in [-0.05, 0) is 24.3 Å². The van der Waals surface area contributed by atoms with Gasteiger partial charge in [0, 0.05) is 39.2 Å². The fourth-order valence-corrected chi connectivity index (χ4v) is 3.74. The molecule has 1 aromatic carbocycles. The Balaban J connectivity index is 1.39. The largest absolute Gasteiger partial charge is 0.442 e. The predicted octanol–water partition coefficient (Wildman–Crippen LogP) is 2.08. The number of nitrogens with zero attached hydrogens (tertiary/aromatic N) is 4. The number of benzene rings is 1. The Morgan fingerprint density at radius 1 is 1.23 bits per heavy atom. The molecule has 4 rings (SSSR count). The molecule has 1 aromatic heterocycles. The van der Waals surface area contributed by atoms with Gasteiger partial charge in [-0.25, -0.2) is 9.18 Å². The van der Waals surface area contributed by atoms with E-state index in [1.807, 2.05) is 15.9 Å². The number of halogens is 1. The highest BCUT2D eigenvalue weighted by Crippen LogP contribution is 2.29. The number of anilines is 3. The van der Waals surface area contributed by atoms with Crippen LogP contribution in [-0.2, 0) is 9.53 Å². The van der Waals surface area contributed by atoms with Crippen molar-refractivity contribution in [2.45, 2.75) is 13.0 Å². The second-order valence-electron chi connectivity index (χ2n) is 7.41. The molecule has 0 bridgehead atoms. The number of amides is 2. The third kappa shape index (κ3) is 4.40. The molecule has 1 N–H and O–H groups in total. The smallest absolute Gasteiger partial charge is 0.414 e. The molecule has 1 atom stereocenters. The van der Waals surface area contributed by atoms with Crippen LogP contribution >= 0.6 is 0 Å². The van der Waals surface area contributed by atoms with Crippen molar-refractivity contribution in [3.05, 3.63) is 41.9 Å². The molecule has 0 unspecified atom stereocenters. The molecule has 2 fully saturated rings. The molecular formula is C21H22FN5O4. The molecular weight excluding hydrogens is 405 g/mol. The minimum absolute atomic E-state index is 0.206. The second kappa shape index (κ2) is 8.55. The van der Waals surface area contributed by atoms with Crippen LogP contribution in [0.2, 0.25) is 0 Å². The third-order valence-electron chi connectivity index (χ3n) is 5.33. The minimum Gasteiger partial charge on any atom is -0.442 e. The summed E-state index contributed by atoms with van der Waals surface area (Å²) in [7, 11) is 0. The summed E-state index contributed by atoms with van der Waals surface area (Å²) < 4.78 is 25.6. The van der Waals surface area contributed by atoms with Gasteiger partial charge in [-0.2, -0.15) is 5.26 Å². The molecule has 3 heterocycles. The Morgan fingerprint density at radius 3 is 2.61 bits per heavy atom. The van der Waals surface area contributed by atoms with E-state index < -0.39 is 18.0 Å². The molecule has 31 heavy (non-hydrogen) atoms. The zero-order chi connectivity index (χ0) is 22.0. The molecule has 2 aromatic rings. The number of cyclic esters (lactones) is 1. The van der Waals surface area contributed by atoms with Gasteiger partial charge >= 0.3 is 6.09 Å². The molecule has 9 nitrogen and oxygen atoms in total. The Bertz CT molecular complexity index is 1030. The van der Waals surface area contributed by atoms with Crippen LogP contribution in [0.15, 0.2) is 34.7 Å². The maximum Gasteiger partial charge on any atom is 0.414 e. The van der Waals surface area contributed by atoms with Gasteiger partial charge in [-0.15, -0.1) is 0 Å². The SMILES string of the molecule is CC(=O)NC[C@H]1CN(c2ccc(N3CCN(c4ccc(C#N)o4)CC3)c(F)c2)C(=O)O1.